The molecule has 1 aliphatic heterocycles. The van der Waals surface area contributed by atoms with Gasteiger partial charge in [0, 0.05) is 67.4 Å². The van der Waals surface area contributed by atoms with Crippen molar-refractivity contribution in [3.8, 4) is 11.3 Å². The zero-order chi connectivity index (χ0) is 21.8. The maximum Gasteiger partial charge on any atom is 0.228 e. The number of nitrogens with zero attached hydrogens (tertiary/aromatic N) is 4. The fourth-order valence-corrected chi connectivity index (χ4v) is 4.79. The quantitative estimate of drug-likeness (QED) is 0.561. The summed E-state index contributed by atoms with van der Waals surface area (Å²) in [6, 6.07) is 10.3. The van der Waals surface area contributed by atoms with Gasteiger partial charge in [0.1, 0.15) is 0 Å². The van der Waals surface area contributed by atoms with E-state index >= 15 is 0 Å². The molecule has 0 spiro atoms. The summed E-state index contributed by atoms with van der Waals surface area (Å²) in [4.78, 5) is 23.3. The Labute approximate surface area is 188 Å². The fourth-order valence-electron chi connectivity index (χ4n) is 3.88. The number of carbonyl (C=O) groups is 1. The van der Waals surface area contributed by atoms with Crippen molar-refractivity contribution in [2.24, 2.45) is 5.41 Å². The Morgan fingerprint density at radius 3 is 2.61 bits per heavy atom. The van der Waals surface area contributed by atoms with E-state index < -0.39 is 0 Å². The Kier molecular flexibility index (Phi) is 6.74. The normalized spacial score (nSPS) is 15.5. The second kappa shape index (κ2) is 9.51. The van der Waals surface area contributed by atoms with Crippen LogP contribution in [0.2, 0.25) is 0 Å². The topological polar surface area (TPSA) is 50.1 Å². The van der Waals surface area contributed by atoms with Crippen molar-refractivity contribution in [2.75, 3.05) is 45.9 Å². The lowest BCUT2D eigenvalue weighted by molar-refractivity contribution is -0.139. The molecule has 0 atom stereocenters. The highest BCUT2D eigenvalue weighted by atomic mass is 32.1. The molecule has 0 saturated carbocycles. The van der Waals surface area contributed by atoms with Crippen molar-refractivity contribution < 1.29 is 9.53 Å². The highest BCUT2D eigenvalue weighted by Gasteiger charge is 2.27. The number of carbonyl (C=O) groups excluding carboxylic acids is 1. The molecule has 4 rings (SSSR count). The molecule has 3 aromatic rings. The Morgan fingerprint density at radius 2 is 1.90 bits per heavy atom. The van der Waals surface area contributed by atoms with E-state index in [0.717, 1.165) is 62.0 Å². The van der Waals surface area contributed by atoms with Gasteiger partial charge in [-0.15, -0.1) is 11.3 Å². The van der Waals surface area contributed by atoms with Gasteiger partial charge in [-0.25, -0.2) is 4.98 Å². The first-order valence-electron chi connectivity index (χ1n) is 11.0. The lowest BCUT2D eigenvalue weighted by Gasteiger charge is -2.33. The first-order chi connectivity index (χ1) is 14.9. The number of rotatable bonds is 7. The molecule has 6 nitrogen and oxygen atoms in total. The summed E-state index contributed by atoms with van der Waals surface area (Å²) in [5.41, 5.74) is 2.93. The number of benzene rings is 1. The van der Waals surface area contributed by atoms with Crippen molar-refractivity contribution in [1.29, 1.82) is 0 Å². The molecule has 1 aliphatic rings. The molecule has 1 fully saturated rings. The molecule has 0 aliphatic carbocycles. The van der Waals surface area contributed by atoms with Crippen LogP contribution in [0.15, 0.2) is 41.9 Å². The Balaban J connectivity index is 1.46. The van der Waals surface area contributed by atoms with Crippen LogP contribution < -0.4 is 0 Å². The first-order valence-corrected chi connectivity index (χ1v) is 11.9. The minimum absolute atomic E-state index is 0.211. The molecule has 0 bridgehead atoms. The standard InChI is InChI=1S/C24H32N4O2S/c1-24(2,3)22(29)27(12-11-26-13-15-30-16-14-26)10-9-20-18-31-23-25-21(17-28(20)23)19-7-5-4-6-8-19/h4-8,17-18H,9-16H2,1-3H3. The lowest BCUT2D eigenvalue weighted by atomic mass is 9.94. The third-order valence-corrected chi connectivity index (χ3v) is 6.60. The molecule has 0 N–H and O–H groups in total. The maximum atomic E-state index is 13.1. The predicted octanol–water partition coefficient (Wildman–Crippen LogP) is 3.81. The molecular formula is C24H32N4O2S. The Morgan fingerprint density at radius 1 is 1.16 bits per heavy atom. The third kappa shape index (κ3) is 5.34. The molecule has 2 aromatic heterocycles. The first kappa shape index (κ1) is 22.0. The van der Waals surface area contributed by atoms with Crippen LogP contribution in [0, 0.1) is 5.41 Å². The van der Waals surface area contributed by atoms with Gasteiger partial charge in [-0.1, -0.05) is 51.1 Å². The van der Waals surface area contributed by atoms with Gasteiger partial charge in [0.05, 0.1) is 18.9 Å². The van der Waals surface area contributed by atoms with E-state index in [9.17, 15) is 4.79 Å². The van der Waals surface area contributed by atoms with Gasteiger partial charge >= 0.3 is 0 Å². The van der Waals surface area contributed by atoms with E-state index in [1.54, 1.807) is 11.3 Å². The number of aromatic nitrogens is 2. The number of hydrogen-bond donors (Lipinski definition) is 0. The SMILES string of the molecule is CC(C)(C)C(=O)N(CCc1csc2nc(-c3ccccc3)cn12)CCN1CCOCC1. The van der Waals surface area contributed by atoms with E-state index in [1.165, 1.54) is 5.69 Å². The van der Waals surface area contributed by atoms with Gasteiger partial charge in [-0.2, -0.15) is 0 Å². The second-order valence-corrected chi connectivity index (χ2v) is 9.95. The molecule has 31 heavy (non-hydrogen) atoms. The summed E-state index contributed by atoms with van der Waals surface area (Å²) in [5.74, 6) is 0.211. The molecule has 0 unspecified atom stereocenters. The number of imidazole rings is 1. The summed E-state index contributed by atoms with van der Waals surface area (Å²) < 4.78 is 7.63. The highest BCUT2D eigenvalue weighted by Crippen LogP contribution is 2.24. The van der Waals surface area contributed by atoms with Crippen LogP contribution in [0.4, 0.5) is 0 Å². The molecule has 0 radical (unpaired) electrons. The van der Waals surface area contributed by atoms with Crippen molar-refractivity contribution in [1.82, 2.24) is 19.2 Å². The minimum Gasteiger partial charge on any atom is -0.379 e. The Hall–Kier alpha value is -2.22. The largest absolute Gasteiger partial charge is 0.379 e. The van der Waals surface area contributed by atoms with E-state index in [-0.39, 0.29) is 11.3 Å². The van der Waals surface area contributed by atoms with Gasteiger partial charge in [-0.05, 0) is 0 Å². The zero-order valence-electron chi connectivity index (χ0n) is 18.7. The van der Waals surface area contributed by atoms with Gasteiger partial charge < -0.3 is 9.64 Å². The minimum atomic E-state index is -0.384. The van der Waals surface area contributed by atoms with Crippen LogP contribution >= 0.6 is 11.3 Å². The molecule has 166 valence electrons. The summed E-state index contributed by atoms with van der Waals surface area (Å²) in [6.45, 7) is 11.8. The number of hydrogen-bond acceptors (Lipinski definition) is 5. The number of fused-ring (bicyclic) bond motifs is 1. The number of morpholine rings is 1. The lowest BCUT2D eigenvalue weighted by Crippen LogP contribution is -2.46. The molecule has 3 heterocycles. The summed E-state index contributed by atoms with van der Waals surface area (Å²) in [5, 5.41) is 2.17. The van der Waals surface area contributed by atoms with Crippen LogP contribution in [-0.2, 0) is 16.0 Å². The van der Waals surface area contributed by atoms with E-state index in [1.807, 2.05) is 43.9 Å². The summed E-state index contributed by atoms with van der Waals surface area (Å²) in [6.07, 6.45) is 2.93. The molecular weight excluding hydrogens is 408 g/mol. The fraction of sp³-hybridized carbons (Fsp3) is 0.500. The Bertz CT molecular complexity index is 1000. The van der Waals surface area contributed by atoms with Crippen molar-refractivity contribution in [2.45, 2.75) is 27.2 Å². The maximum absolute atomic E-state index is 13.1. The van der Waals surface area contributed by atoms with Crippen LogP contribution in [-0.4, -0.2) is 71.0 Å². The molecule has 1 saturated heterocycles. The van der Waals surface area contributed by atoms with Crippen LogP contribution in [0.3, 0.4) is 0 Å². The predicted molar refractivity (Wildman–Crippen MR) is 126 cm³/mol. The van der Waals surface area contributed by atoms with Crippen LogP contribution in [0.1, 0.15) is 26.5 Å². The van der Waals surface area contributed by atoms with Gasteiger partial charge in [0.2, 0.25) is 5.91 Å². The number of amides is 1. The van der Waals surface area contributed by atoms with Gasteiger partial charge in [0.15, 0.2) is 4.96 Å². The summed E-state index contributed by atoms with van der Waals surface area (Å²) >= 11 is 1.66. The monoisotopic (exact) mass is 440 g/mol. The van der Waals surface area contributed by atoms with E-state index in [2.05, 4.69) is 33.0 Å². The smallest absolute Gasteiger partial charge is 0.228 e. The number of ether oxygens (including phenoxy) is 1. The third-order valence-electron chi connectivity index (χ3n) is 5.71. The second-order valence-electron chi connectivity index (χ2n) is 9.12. The van der Waals surface area contributed by atoms with E-state index in [4.69, 9.17) is 9.72 Å². The van der Waals surface area contributed by atoms with Gasteiger partial charge in [-0.3, -0.25) is 14.1 Å². The average Bonchev–Trinajstić information content (AvgIpc) is 3.35. The van der Waals surface area contributed by atoms with Crippen LogP contribution in [0.5, 0.6) is 0 Å². The zero-order valence-corrected chi connectivity index (χ0v) is 19.5. The average molecular weight is 441 g/mol. The van der Waals surface area contributed by atoms with Crippen LogP contribution in [0.25, 0.3) is 16.2 Å². The molecule has 7 heteroatoms. The van der Waals surface area contributed by atoms with Crippen molar-refractivity contribution >= 4 is 22.2 Å². The molecule has 1 amide bonds. The highest BCUT2D eigenvalue weighted by molar-refractivity contribution is 7.15. The van der Waals surface area contributed by atoms with E-state index in [0.29, 0.717) is 6.54 Å². The summed E-state index contributed by atoms with van der Waals surface area (Å²) in [7, 11) is 0. The van der Waals surface area contributed by atoms with Crippen molar-refractivity contribution in [3.63, 3.8) is 0 Å². The van der Waals surface area contributed by atoms with Crippen molar-refractivity contribution in [3.05, 3.63) is 47.6 Å². The van der Waals surface area contributed by atoms with Gasteiger partial charge in [0.25, 0.3) is 0 Å². The number of thiazole rings is 1. The molecule has 1 aromatic carbocycles.